The van der Waals surface area contributed by atoms with Gasteiger partial charge in [-0.3, -0.25) is 9.69 Å². The molecule has 0 spiro atoms. The molecule has 2 aromatic carbocycles. The number of rotatable bonds is 10. The molecule has 4 rings (SSSR count). The van der Waals surface area contributed by atoms with Crippen LogP contribution in [0, 0.1) is 6.92 Å². The maximum Gasteiger partial charge on any atom is 0.335 e. The molecule has 0 bridgehead atoms. The highest BCUT2D eigenvalue weighted by Crippen LogP contribution is 2.19. The summed E-state index contributed by atoms with van der Waals surface area (Å²) in [5, 5.41) is 23.3. The van der Waals surface area contributed by atoms with E-state index >= 15 is 0 Å². The molecule has 0 unspecified atom stereocenters. The lowest BCUT2D eigenvalue weighted by atomic mass is 10.1. The topological polar surface area (TPSA) is 130 Å². The Kier molecular flexibility index (Phi) is 7.30. The third-order valence-corrected chi connectivity index (χ3v) is 5.73. The number of benzene rings is 2. The lowest BCUT2D eigenvalue weighted by Gasteiger charge is -2.20. The number of carbonyl (C=O) groups is 2. The second-order valence-corrected chi connectivity index (χ2v) is 8.34. The Morgan fingerprint density at radius 3 is 2.40 bits per heavy atom. The number of carboxylic acids is 1. The van der Waals surface area contributed by atoms with Gasteiger partial charge in [-0.1, -0.05) is 60.4 Å². The van der Waals surface area contributed by atoms with Crippen LogP contribution < -0.4 is 4.90 Å². The Hall–Kier alpha value is -4.34. The normalized spacial score (nSPS) is 10.9. The van der Waals surface area contributed by atoms with Gasteiger partial charge in [0.1, 0.15) is 11.5 Å². The van der Waals surface area contributed by atoms with Crippen LogP contribution >= 0.6 is 0 Å². The van der Waals surface area contributed by atoms with Crippen molar-refractivity contribution in [3.8, 4) is 0 Å². The van der Waals surface area contributed by atoms with Crippen molar-refractivity contribution in [2.75, 3.05) is 4.90 Å². The average Bonchev–Trinajstić information content (AvgIpc) is 3.53. The van der Waals surface area contributed by atoms with Crippen molar-refractivity contribution in [1.29, 1.82) is 0 Å². The van der Waals surface area contributed by atoms with E-state index in [1.807, 2.05) is 35.8 Å². The highest BCUT2D eigenvalue weighted by atomic mass is 16.4. The van der Waals surface area contributed by atoms with E-state index in [9.17, 15) is 14.7 Å². The van der Waals surface area contributed by atoms with Gasteiger partial charge in [0.2, 0.25) is 0 Å². The summed E-state index contributed by atoms with van der Waals surface area (Å²) in [5.74, 6) is -0.319. The number of aromatic amines is 1. The zero-order valence-corrected chi connectivity index (χ0v) is 19.7. The van der Waals surface area contributed by atoms with Crippen LogP contribution in [0.15, 0.2) is 54.7 Å². The zero-order valence-electron chi connectivity index (χ0n) is 19.7. The van der Waals surface area contributed by atoms with Crippen LogP contribution in [0.2, 0.25) is 0 Å². The van der Waals surface area contributed by atoms with Gasteiger partial charge in [-0.25, -0.2) is 9.78 Å². The van der Waals surface area contributed by atoms with Crippen LogP contribution in [0.3, 0.4) is 0 Å². The summed E-state index contributed by atoms with van der Waals surface area (Å²) < 4.78 is 1.88. The molecule has 0 aliphatic heterocycles. The fourth-order valence-electron chi connectivity index (χ4n) is 3.75. The molecular formula is C25H27N7O3. The SMILES string of the molecule is CCCCc1ncc(C(=O)N(Cc2ccc(C)cc2)c2nn[nH]n2)n1Cc1ccc(C(=O)O)cc1. The molecule has 0 radical (unpaired) electrons. The summed E-state index contributed by atoms with van der Waals surface area (Å²) in [6.07, 6.45) is 4.23. The number of H-pyrrole nitrogens is 1. The van der Waals surface area contributed by atoms with Crippen LogP contribution in [0.5, 0.6) is 0 Å². The Labute approximate surface area is 202 Å². The largest absolute Gasteiger partial charge is 0.478 e. The Morgan fingerprint density at radius 1 is 1.06 bits per heavy atom. The van der Waals surface area contributed by atoms with Gasteiger partial charge in [0, 0.05) is 13.0 Å². The number of hydrogen-bond donors (Lipinski definition) is 2. The van der Waals surface area contributed by atoms with E-state index in [2.05, 4.69) is 32.5 Å². The third kappa shape index (κ3) is 5.60. The van der Waals surface area contributed by atoms with E-state index in [0.717, 1.165) is 41.8 Å². The van der Waals surface area contributed by atoms with E-state index in [4.69, 9.17) is 0 Å². The number of anilines is 1. The maximum atomic E-state index is 13.8. The summed E-state index contributed by atoms with van der Waals surface area (Å²) in [7, 11) is 0. The van der Waals surface area contributed by atoms with Gasteiger partial charge in [0.25, 0.3) is 11.9 Å². The molecule has 2 heterocycles. The second kappa shape index (κ2) is 10.7. The van der Waals surface area contributed by atoms with Crippen LogP contribution in [-0.4, -0.2) is 47.2 Å². The van der Waals surface area contributed by atoms with E-state index < -0.39 is 5.97 Å². The molecule has 0 aliphatic rings. The quantitative estimate of drug-likeness (QED) is 0.360. The summed E-state index contributed by atoms with van der Waals surface area (Å²) in [6, 6.07) is 14.5. The number of aromatic nitrogens is 6. The van der Waals surface area contributed by atoms with Crippen LogP contribution in [-0.2, 0) is 19.5 Å². The van der Waals surface area contributed by atoms with Crippen molar-refractivity contribution in [2.45, 2.75) is 46.2 Å². The fraction of sp³-hybridized carbons (Fsp3) is 0.280. The smallest absolute Gasteiger partial charge is 0.335 e. The van der Waals surface area contributed by atoms with Crippen molar-refractivity contribution in [3.63, 3.8) is 0 Å². The van der Waals surface area contributed by atoms with Gasteiger partial charge >= 0.3 is 5.97 Å². The number of nitrogens with zero attached hydrogens (tertiary/aromatic N) is 6. The minimum atomic E-state index is -0.981. The third-order valence-electron chi connectivity index (χ3n) is 5.73. The van der Waals surface area contributed by atoms with E-state index in [1.165, 1.54) is 4.90 Å². The lowest BCUT2D eigenvalue weighted by Crippen LogP contribution is -2.33. The zero-order chi connectivity index (χ0) is 24.8. The van der Waals surface area contributed by atoms with E-state index in [1.54, 1.807) is 30.5 Å². The van der Waals surface area contributed by atoms with Gasteiger partial charge < -0.3 is 9.67 Å². The molecule has 35 heavy (non-hydrogen) atoms. The fourth-order valence-corrected chi connectivity index (χ4v) is 3.75. The summed E-state index contributed by atoms with van der Waals surface area (Å²) in [4.78, 5) is 31.1. The minimum absolute atomic E-state index is 0.171. The highest BCUT2D eigenvalue weighted by Gasteiger charge is 2.26. The first kappa shape index (κ1) is 23.8. The Bertz CT molecular complexity index is 1280. The number of carboxylic acid groups (broad SMARTS) is 1. The molecule has 0 fully saturated rings. The molecule has 180 valence electrons. The molecular weight excluding hydrogens is 446 g/mol. The molecule has 10 heteroatoms. The number of unbranched alkanes of at least 4 members (excludes halogenated alkanes) is 1. The number of hydrogen-bond acceptors (Lipinski definition) is 6. The van der Waals surface area contributed by atoms with Crippen molar-refractivity contribution >= 4 is 17.8 Å². The van der Waals surface area contributed by atoms with E-state index in [0.29, 0.717) is 12.2 Å². The lowest BCUT2D eigenvalue weighted by molar-refractivity contribution is 0.0696. The summed E-state index contributed by atoms with van der Waals surface area (Å²) in [5.41, 5.74) is 3.53. The van der Waals surface area contributed by atoms with Crippen molar-refractivity contribution < 1.29 is 14.7 Å². The first-order valence-corrected chi connectivity index (χ1v) is 11.4. The Morgan fingerprint density at radius 2 is 1.77 bits per heavy atom. The number of imidazole rings is 1. The van der Waals surface area contributed by atoms with Crippen LogP contribution in [0.4, 0.5) is 5.95 Å². The molecule has 0 saturated heterocycles. The predicted octanol–water partition coefficient (Wildman–Crippen LogP) is 3.64. The van der Waals surface area contributed by atoms with Crippen LogP contribution in [0.1, 0.15) is 63.1 Å². The minimum Gasteiger partial charge on any atom is -0.478 e. The molecule has 2 N–H and O–H groups in total. The number of tetrazole rings is 1. The van der Waals surface area contributed by atoms with Crippen molar-refractivity contribution in [2.24, 2.45) is 0 Å². The first-order chi connectivity index (χ1) is 17.0. The molecule has 0 atom stereocenters. The predicted molar refractivity (Wildman–Crippen MR) is 129 cm³/mol. The van der Waals surface area contributed by atoms with Crippen LogP contribution in [0.25, 0.3) is 0 Å². The average molecular weight is 474 g/mol. The second-order valence-electron chi connectivity index (χ2n) is 8.34. The van der Waals surface area contributed by atoms with Gasteiger partial charge in [0.05, 0.1) is 18.3 Å². The molecule has 2 aromatic heterocycles. The van der Waals surface area contributed by atoms with Gasteiger partial charge in [0.15, 0.2) is 0 Å². The number of amides is 1. The van der Waals surface area contributed by atoms with Gasteiger partial charge in [-0.05, 0) is 41.8 Å². The molecule has 10 nitrogen and oxygen atoms in total. The standard InChI is InChI=1S/C25H27N7O3/c1-3-4-5-22-26-14-21(31(22)15-19-10-12-20(13-11-19)24(34)35)23(33)32(25-27-29-30-28-25)16-18-8-6-17(2)7-9-18/h6-14H,3-5,15-16H2,1-2H3,(H,34,35)(H,27,28,29,30). The maximum absolute atomic E-state index is 13.8. The highest BCUT2D eigenvalue weighted by molar-refractivity contribution is 6.03. The van der Waals surface area contributed by atoms with Crippen molar-refractivity contribution in [3.05, 3.63) is 88.5 Å². The number of aryl methyl sites for hydroxylation is 2. The summed E-state index contributed by atoms with van der Waals surface area (Å²) in [6.45, 7) is 4.75. The molecule has 4 aromatic rings. The first-order valence-electron chi connectivity index (χ1n) is 11.4. The van der Waals surface area contributed by atoms with Gasteiger partial charge in [-0.2, -0.15) is 5.21 Å². The molecule has 0 aliphatic carbocycles. The summed E-state index contributed by atoms with van der Waals surface area (Å²) >= 11 is 0. The van der Waals surface area contributed by atoms with Gasteiger partial charge in [-0.15, -0.1) is 5.10 Å². The van der Waals surface area contributed by atoms with Crippen molar-refractivity contribution in [1.82, 2.24) is 30.2 Å². The number of nitrogens with one attached hydrogen (secondary N) is 1. The molecule has 0 saturated carbocycles. The monoisotopic (exact) mass is 473 g/mol. The number of carbonyl (C=O) groups excluding carboxylic acids is 1. The Balaban J connectivity index is 1.68. The van der Waals surface area contributed by atoms with E-state index in [-0.39, 0.29) is 24.0 Å². The molecule has 1 amide bonds. The number of aromatic carboxylic acids is 1.